The van der Waals surface area contributed by atoms with Crippen molar-refractivity contribution in [3.05, 3.63) is 33.2 Å². The van der Waals surface area contributed by atoms with Gasteiger partial charge < -0.3 is 15.2 Å². The lowest BCUT2D eigenvalue weighted by atomic mass is 10.0. The van der Waals surface area contributed by atoms with Crippen molar-refractivity contribution in [1.82, 2.24) is 9.47 Å². The van der Waals surface area contributed by atoms with Gasteiger partial charge in [-0.3, -0.25) is 4.79 Å². The van der Waals surface area contributed by atoms with Crippen LogP contribution in [0.4, 0.5) is 0 Å². The summed E-state index contributed by atoms with van der Waals surface area (Å²) in [5.74, 6) is 0.567. The van der Waals surface area contributed by atoms with Gasteiger partial charge in [0.2, 0.25) is 0 Å². The Morgan fingerprint density at radius 3 is 2.80 bits per heavy atom. The van der Waals surface area contributed by atoms with Crippen LogP contribution in [-0.4, -0.2) is 28.0 Å². The second-order valence-electron chi connectivity index (χ2n) is 6.02. The van der Waals surface area contributed by atoms with Crippen molar-refractivity contribution in [3.63, 3.8) is 0 Å². The summed E-state index contributed by atoms with van der Waals surface area (Å²) < 4.78 is 1.90. The summed E-state index contributed by atoms with van der Waals surface area (Å²) in [5.41, 5.74) is 8.52. The number of fused-ring (bicyclic) bond motifs is 1. The van der Waals surface area contributed by atoms with E-state index in [0.29, 0.717) is 11.5 Å². The van der Waals surface area contributed by atoms with Crippen LogP contribution in [0.5, 0.6) is 0 Å². The van der Waals surface area contributed by atoms with Crippen LogP contribution in [0.25, 0.3) is 0 Å². The predicted molar refractivity (Wildman–Crippen MR) is 86.1 cm³/mol. The van der Waals surface area contributed by atoms with Crippen molar-refractivity contribution in [2.45, 2.75) is 39.8 Å². The third-order valence-corrected chi connectivity index (χ3v) is 4.08. The Balaban J connectivity index is 2.51. The van der Waals surface area contributed by atoms with Crippen molar-refractivity contribution >= 4 is 17.2 Å². The van der Waals surface area contributed by atoms with Crippen molar-refractivity contribution in [3.8, 4) is 0 Å². The molecule has 0 fully saturated rings. The molecule has 0 amide bonds. The lowest BCUT2D eigenvalue weighted by Gasteiger charge is -2.28. The Bertz CT molecular complexity index is 577. The molecular formula is C15H23N3OS. The molecule has 0 aromatic carbocycles. The van der Waals surface area contributed by atoms with Crippen LogP contribution in [0.3, 0.4) is 0 Å². The fourth-order valence-electron chi connectivity index (χ4n) is 2.66. The molecule has 1 aliphatic rings. The monoisotopic (exact) mass is 293 g/mol. The van der Waals surface area contributed by atoms with E-state index in [1.54, 1.807) is 0 Å². The van der Waals surface area contributed by atoms with Gasteiger partial charge in [-0.15, -0.1) is 0 Å². The number of hydrogen-bond acceptors (Lipinski definition) is 3. The fraction of sp³-hybridized carbons (Fsp3) is 0.600. The Kier molecular flexibility index (Phi) is 4.60. The van der Waals surface area contributed by atoms with E-state index in [9.17, 15) is 4.79 Å². The molecule has 0 atom stereocenters. The molecule has 4 nitrogen and oxygen atoms in total. The summed E-state index contributed by atoms with van der Waals surface area (Å²) in [6, 6.07) is 1.89. The van der Waals surface area contributed by atoms with Gasteiger partial charge >= 0.3 is 0 Å². The molecular weight excluding hydrogens is 270 g/mol. The minimum absolute atomic E-state index is 0.0264. The maximum absolute atomic E-state index is 12.6. The number of aromatic nitrogens is 1. The summed E-state index contributed by atoms with van der Waals surface area (Å²) >= 11 is 5.03. The van der Waals surface area contributed by atoms with Gasteiger partial charge in [0.25, 0.3) is 5.56 Å². The summed E-state index contributed by atoms with van der Waals surface area (Å²) in [4.78, 5) is 15.0. The number of nitrogens with two attached hydrogens (primary N) is 1. The van der Waals surface area contributed by atoms with Crippen LogP contribution in [0.1, 0.15) is 37.1 Å². The quantitative estimate of drug-likeness (QED) is 0.855. The van der Waals surface area contributed by atoms with E-state index in [-0.39, 0.29) is 10.5 Å². The zero-order valence-electron chi connectivity index (χ0n) is 12.5. The molecule has 2 N–H and O–H groups in total. The van der Waals surface area contributed by atoms with Crippen molar-refractivity contribution in [2.24, 2.45) is 11.7 Å². The maximum atomic E-state index is 12.6. The van der Waals surface area contributed by atoms with E-state index in [4.69, 9.17) is 18.0 Å². The summed E-state index contributed by atoms with van der Waals surface area (Å²) in [6.45, 7) is 6.93. The highest BCUT2D eigenvalue weighted by Gasteiger charge is 2.20. The topological polar surface area (TPSA) is 51.3 Å². The molecule has 0 bridgehead atoms. The van der Waals surface area contributed by atoms with Gasteiger partial charge in [0.05, 0.1) is 5.56 Å². The van der Waals surface area contributed by atoms with E-state index >= 15 is 0 Å². The lowest BCUT2D eigenvalue weighted by Crippen LogP contribution is -2.37. The first-order valence-electron chi connectivity index (χ1n) is 7.14. The van der Waals surface area contributed by atoms with Crippen LogP contribution in [-0.2, 0) is 19.5 Å². The predicted octanol–water partition coefficient (Wildman–Crippen LogP) is 1.52. The molecule has 110 valence electrons. The number of pyridine rings is 1. The minimum atomic E-state index is -0.0264. The van der Waals surface area contributed by atoms with E-state index in [1.807, 2.05) is 10.6 Å². The molecule has 2 rings (SSSR count). The Morgan fingerprint density at radius 2 is 2.20 bits per heavy atom. The SMILES string of the molecule is CC(C)CCn1c2c(cc(C(N)=S)c1=O)CN(C)CC2. The Hall–Kier alpha value is -1.20. The number of thiocarbonyl (C=S) groups is 1. The first-order valence-corrected chi connectivity index (χ1v) is 7.55. The molecule has 5 heteroatoms. The zero-order valence-corrected chi connectivity index (χ0v) is 13.3. The number of hydrogen-bond donors (Lipinski definition) is 1. The summed E-state index contributed by atoms with van der Waals surface area (Å²) in [6.07, 6.45) is 1.90. The summed E-state index contributed by atoms with van der Waals surface area (Å²) in [5, 5.41) is 0. The van der Waals surface area contributed by atoms with E-state index in [0.717, 1.165) is 38.2 Å². The lowest BCUT2D eigenvalue weighted by molar-refractivity contribution is 0.302. The zero-order chi connectivity index (χ0) is 14.9. The van der Waals surface area contributed by atoms with Crippen molar-refractivity contribution < 1.29 is 0 Å². The molecule has 0 unspecified atom stereocenters. The van der Waals surface area contributed by atoms with Crippen LogP contribution >= 0.6 is 12.2 Å². The average molecular weight is 293 g/mol. The van der Waals surface area contributed by atoms with Gasteiger partial charge in [0, 0.05) is 31.7 Å². The standard InChI is InChI=1S/C15H23N3OS/c1-10(2)4-7-18-13-5-6-17(3)9-11(13)8-12(14(16)20)15(18)19/h8,10H,4-7,9H2,1-3H3,(H2,16,20). The molecule has 0 radical (unpaired) electrons. The fourth-order valence-corrected chi connectivity index (χ4v) is 2.81. The first-order chi connectivity index (χ1) is 9.40. The first kappa shape index (κ1) is 15.2. The molecule has 1 aromatic heterocycles. The third kappa shape index (κ3) is 3.10. The number of nitrogens with zero attached hydrogens (tertiary/aromatic N) is 2. The molecule has 1 aromatic rings. The van der Waals surface area contributed by atoms with E-state index in [2.05, 4.69) is 25.8 Å². The van der Waals surface area contributed by atoms with Crippen LogP contribution in [0.2, 0.25) is 0 Å². The number of rotatable bonds is 4. The highest BCUT2D eigenvalue weighted by atomic mass is 32.1. The molecule has 0 spiro atoms. The molecule has 0 saturated carbocycles. The van der Waals surface area contributed by atoms with Gasteiger partial charge in [0.1, 0.15) is 4.99 Å². The third-order valence-electron chi connectivity index (χ3n) is 3.86. The van der Waals surface area contributed by atoms with Gasteiger partial charge in [-0.25, -0.2) is 0 Å². The average Bonchev–Trinajstić information content (AvgIpc) is 2.36. The van der Waals surface area contributed by atoms with Crippen LogP contribution in [0, 0.1) is 5.92 Å². The van der Waals surface area contributed by atoms with Crippen molar-refractivity contribution in [2.75, 3.05) is 13.6 Å². The van der Waals surface area contributed by atoms with Gasteiger partial charge in [0.15, 0.2) is 0 Å². The summed E-state index contributed by atoms with van der Waals surface area (Å²) in [7, 11) is 2.09. The molecule has 0 saturated heterocycles. The highest BCUT2D eigenvalue weighted by Crippen LogP contribution is 2.18. The van der Waals surface area contributed by atoms with Crippen LogP contribution < -0.4 is 11.3 Å². The van der Waals surface area contributed by atoms with Crippen molar-refractivity contribution in [1.29, 1.82) is 0 Å². The van der Waals surface area contributed by atoms with Gasteiger partial charge in [-0.2, -0.15) is 0 Å². The van der Waals surface area contributed by atoms with Gasteiger partial charge in [-0.05, 0) is 31.0 Å². The second-order valence-corrected chi connectivity index (χ2v) is 6.46. The van der Waals surface area contributed by atoms with E-state index in [1.165, 1.54) is 5.56 Å². The smallest absolute Gasteiger partial charge is 0.261 e. The second kappa shape index (κ2) is 6.06. The minimum Gasteiger partial charge on any atom is -0.389 e. The molecule has 0 aliphatic carbocycles. The molecule has 2 heterocycles. The molecule has 20 heavy (non-hydrogen) atoms. The maximum Gasteiger partial charge on any atom is 0.261 e. The van der Waals surface area contributed by atoms with E-state index < -0.39 is 0 Å². The van der Waals surface area contributed by atoms with Crippen LogP contribution in [0.15, 0.2) is 10.9 Å². The Morgan fingerprint density at radius 1 is 1.50 bits per heavy atom. The molecule has 1 aliphatic heterocycles. The number of likely N-dealkylation sites (N-methyl/N-ethyl adjacent to an activating group) is 1. The van der Waals surface area contributed by atoms with Gasteiger partial charge in [-0.1, -0.05) is 26.1 Å². The normalized spacial score (nSPS) is 15.4. The Labute approximate surface area is 125 Å². The largest absolute Gasteiger partial charge is 0.389 e. The highest BCUT2D eigenvalue weighted by molar-refractivity contribution is 7.80.